The van der Waals surface area contributed by atoms with Crippen LogP contribution in [0.2, 0.25) is 0 Å². The third kappa shape index (κ3) is 11.7. The number of likely N-dealkylation sites (tertiary alicyclic amines) is 2. The van der Waals surface area contributed by atoms with E-state index in [4.69, 9.17) is 13.9 Å². The number of amides is 4. The van der Waals surface area contributed by atoms with Crippen molar-refractivity contribution in [2.75, 3.05) is 18.4 Å². The molecule has 7 rings (SSSR count). The number of rotatable bonds is 13. The number of carbonyl (C=O) groups excluding carboxylic acids is 6. The number of hydrogen-bond donors (Lipinski definition) is 2. The van der Waals surface area contributed by atoms with E-state index in [1.54, 1.807) is 87.7 Å². The van der Waals surface area contributed by atoms with Gasteiger partial charge in [-0.25, -0.2) is 4.79 Å². The van der Waals surface area contributed by atoms with Gasteiger partial charge in [0.25, 0.3) is 5.91 Å². The summed E-state index contributed by atoms with van der Waals surface area (Å²) in [7, 11) is 0. The molecule has 2 saturated heterocycles. The van der Waals surface area contributed by atoms with Crippen molar-refractivity contribution in [1.82, 2.24) is 15.1 Å². The maximum atomic E-state index is 14.1. The van der Waals surface area contributed by atoms with Crippen LogP contribution in [0, 0.1) is 0 Å². The molecule has 2 fully saturated rings. The topological polar surface area (TPSA) is 165 Å². The Kier molecular flexibility index (Phi) is 13.9. The summed E-state index contributed by atoms with van der Waals surface area (Å²) >= 11 is 0. The fourth-order valence-corrected chi connectivity index (χ4v) is 8.58. The van der Waals surface area contributed by atoms with Gasteiger partial charge in [0.1, 0.15) is 34.6 Å². The quantitative estimate of drug-likeness (QED) is 0.110. The second-order valence-electron chi connectivity index (χ2n) is 18.8. The zero-order valence-electron chi connectivity index (χ0n) is 37.9. The number of furan rings is 1. The Morgan fingerprint density at radius 1 is 0.692 bits per heavy atom. The van der Waals surface area contributed by atoms with Gasteiger partial charge in [0.05, 0.1) is 18.4 Å². The van der Waals surface area contributed by atoms with Crippen molar-refractivity contribution in [2.45, 2.75) is 115 Å². The molecule has 0 aliphatic carbocycles. The number of fused-ring (bicyclic) bond motifs is 1. The molecule has 2 aliphatic heterocycles. The molecule has 0 unspecified atom stereocenters. The van der Waals surface area contributed by atoms with E-state index >= 15 is 0 Å². The van der Waals surface area contributed by atoms with Crippen LogP contribution in [-0.4, -0.2) is 81.7 Å². The lowest BCUT2D eigenvalue weighted by atomic mass is 9.93. The van der Waals surface area contributed by atoms with Crippen molar-refractivity contribution in [2.24, 2.45) is 0 Å². The number of esters is 1. The molecule has 4 atom stereocenters. The number of nitrogens with one attached hydrogen (secondary N) is 2. The highest BCUT2D eigenvalue weighted by Gasteiger charge is 2.40. The molecule has 1 aromatic heterocycles. The minimum Gasteiger partial charge on any atom is -0.460 e. The van der Waals surface area contributed by atoms with Crippen molar-refractivity contribution in [3.05, 3.63) is 126 Å². The standard InChI is InChI=1S/C52H58N4O9/c1-51(2,3)64-45(58)32-39(34-15-9-7-10-16-34)48(60)56-28-14-20-41(56)47(59)53-38-24-22-35(23-25-38)44-31-37-29-33(21-26-43(37)63-44)30-42(57)40-19-13-27-55(40)49(61)46(36-17-11-8-12-18-36)54-50(62)65-52(4,5)6/h7-12,15-18,21-26,29,31,39-41,46H,13-14,19-20,27-28,30,32H2,1-6H3,(H,53,59)(H,54,62)/t39-,40-,41-,46-/m0/s1. The highest BCUT2D eigenvalue weighted by Crippen LogP contribution is 2.33. The minimum atomic E-state index is -1.02. The molecule has 0 bridgehead atoms. The molecule has 340 valence electrons. The number of carbonyl (C=O) groups is 6. The molecule has 2 aliphatic rings. The van der Waals surface area contributed by atoms with Crippen molar-refractivity contribution >= 4 is 52.2 Å². The van der Waals surface area contributed by atoms with E-state index in [2.05, 4.69) is 10.6 Å². The average molecular weight is 883 g/mol. The summed E-state index contributed by atoms with van der Waals surface area (Å²) in [5, 5.41) is 6.52. The maximum absolute atomic E-state index is 14.1. The van der Waals surface area contributed by atoms with Crippen LogP contribution in [0.25, 0.3) is 22.3 Å². The number of Topliss-reactive ketones (excluding diaryl/α,β-unsaturated/α-hetero) is 1. The van der Waals surface area contributed by atoms with Crippen LogP contribution in [0.15, 0.2) is 114 Å². The van der Waals surface area contributed by atoms with Crippen LogP contribution in [-0.2, 0) is 39.9 Å². The molecule has 4 aromatic carbocycles. The highest BCUT2D eigenvalue weighted by atomic mass is 16.6. The summed E-state index contributed by atoms with van der Waals surface area (Å²) in [6.45, 7) is 11.4. The first-order chi connectivity index (χ1) is 30.9. The zero-order chi connectivity index (χ0) is 46.5. The maximum Gasteiger partial charge on any atom is 0.408 e. The van der Waals surface area contributed by atoms with Gasteiger partial charge in [0.15, 0.2) is 5.78 Å². The summed E-state index contributed by atoms with van der Waals surface area (Å²) in [5.41, 5.74) is 2.57. The normalized spacial score (nSPS) is 17.3. The number of anilines is 1. The number of ether oxygens (including phenoxy) is 2. The predicted molar refractivity (Wildman–Crippen MR) is 247 cm³/mol. The van der Waals surface area contributed by atoms with Crippen molar-refractivity contribution in [3.63, 3.8) is 0 Å². The molecule has 2 N–H and O–H groups in total. The van der Waals surface area contributed by atoms with Gasteiger partial charge >= 0.3 is 12.1 Å². The minimum absolute atomic E-state index is 0.0949. The molecule has 3 heterocycles. The predicted octanol–water partition coefficient (Wildman–Crippen LogP) is 8.91. The fourth-order valence-electron chi connectivity index (χ4n) is 8.58. The van der Waals surface area contributed by atoms with Crippen LogP contribution >= 0.6 is 0 Å². The number of hydrogen-bond acceptors (Lipinski definition) is 9. The molecule has 65 heavy (non-hydrogen) atoms. The van der Waals surface area contributed by atoms with Gasteiger partial charge in [0.2, 0.25) is 11.8 Å². The van der Waals surface area contributed by atoms with Gasteiger partial charge in [-0.2, -0.15) is 0 Å². The van der Waals surface area contributed by atoms with Gasteiger partial charge < -0.3 is 34.3 Å². The smallest absolute Gasteiger partial charge is 0.408 e. The Labute approximate surface area is 379 Å². The van der Waals surface area contributed by atoms with E-state index < -0.39 is 47.3 Å². The number of alkyl carbamates (subject to hydrolysis) is 1. The summed E-state index contributed by atoms with van der Waals surface area (Å²) < 4.78 is 17.2. The van der Waals surface area contributed by atoms with Gasteiger partial charge in [-0.05, 0) is 126 Å². The highest BCUT2D eigenvalue weighted by molar-refractivity contribution is 5.99. The van der Waals surface area contributed by atoms with Crippen LogP contribution in [0.3, 0.4) is 0 Å². The first-order valence-corrected chi connectivity index (χ1v) is 22.3. The van der Waals surface area contributed by atoms with E-state index in [1.165, 1.54) is 0 Å². The molecular formula is C52H58N4O9. The van der Waals surface area contributed by atoms with Crippen LogP contribution in [0.5, 0.6) is 0 Å². The Balaban J connectivity index is 0.988. The van der Waals surface area contributed by atoms with Gasteiger partial charge in [-0.1, -0.05) is 66.7 Å². The lowest BCUT2D eigenvalue weighted by Crippen LogP contribution is -2.48. The third-order valence-corrected chi connectivity index (χ3v) is 11.5. The van der Waals surface area contributed by atoms with Crippen LogP contribution in [0.4, 0.5) is 10.5 Å². The van der Waals surface area contributed by atoms with Crippen LogP contribution < -0.4 is 10.6 Å². The molecule has 0 spiro atoms. The fraction of sp³-hybridized carbons (Fsp3) is 0.385. The molecule has 0 saturated carbocycles. The largest absolute Gasteiger partial charge is 0.460 e. The number of nitrogens with zero attached hydrogens (tertiary/aromatic N) is 2. The van der Waals surface area contributed by atoms with Gasteiger partial charge in [-0.15, -0.1) is 0 Å². The van der Waals surface area contributed by atoms with Crippen molar-refractivity contribution < 1.29 is 42.7 Å². The van der Waals surface area contributed by atoms with E-state index in [0.29, 0.717) is 66.9 Å². The molecule has 5 aromatic rings. The second-order valence-corrected chi connectivity index (χ2v) is 18.8. The number of ketones is 1. The Hall–Kier alpha value is -6.76. The molecule has 13 heteroatoms. The Bertz CT molecular complexity index is 2520. The Morgan fingerprint density at radius 3 is 1.92 bits per heavy atom. The number of benzene rings is 4. The van der Waals surface area contributed by atoms with Crippen molar-refractivity contribution in [3.8, 4) is 11.3 Å². The third-order valence-electron chi connectivity index (χ3n) is 11.5. The van der Waals surface area contributed by atoms with E-state index in [-0.39, 0.29) is 36.3 Å². The Morgan fingerprint density at radius 2 is 1.29 bits per heavy atom. The van der Waals surface area contributed by atoms with Crippen LogP contribution in [0.1, 0.15) is 102 Å². The van der Waals surface area contributed by atoms with E-state index in [1.807, 2.05) is 72.8 Å². The van der Waals surface area contributed by atoms with Crippen molar-refractivity contribution in [1.29, 1.82) is 0 Å². The molecular weight excluding hydrogens is 825 g/mol. The van der Waals surface area contributed by atoms with Gasteiger partial charge in [0, 0.05) is 36.1 Å². The monoisotopic (exact) mass is 882 g/mol. The second kappa shape index (κ2) is 19.5. The molecule has 13 nitrogen and oxygen atoms in total. The summed E-state index contributed by atoms with van der Waals surface area (Å²) in [6, 6.07) is 30.4. The SMILES string of the molecule is CC(C)(C)OC(=O)C[C@H](C(=O)N1CCC[C@H]1C(=O)Nc1ccc(-c2cc3cc(CC(=O)[C@@H]4CCCN4C(=O)[C@@H](NC(=O)OC(C)(C)C)c4ccccc4)ccc3o2)cc1)c1ccccc1. The van der Waals surface area contributed by atoms with E-state index in [9.17, 15) is 28.8 Å². The van der Waals surface area contributed by atoms with E-state index in [0.717, 1.165) is 16.5 Å². The van der Waals surface area contributed by atoms with Gasteiger partial charge in [-0.3, -0.25) is 24.0 Å². The summed E-state index contributed by atoms with van der Waals surface area (Å²) in [5.74, 6) is -1.72. The summed E-state index contributed by atoms with van der Waals surface area (Å²) in [4.78, 5) is 84.6. The average Bonchev–Trinajstić information content (AvgIpc) is 4.05. The summed E-state index contributed by atoms with van der Waals surface area (Å²) in [6.07, 6.45) is 1.59. The first kappa shape index (κ1) is 46.2. The lowest BCUT2D eigenvalue weighted by molar-refractivity contribution is -0.157. The molecule has 4 amide bonds. The first-order valence-electron chi connectivity index (χ1n) is 22.3. The zero-order valence-corrected chi connectivity index (χ0v) is 37.9. The molecule has 0 radical (unpaired) electrons. The lowest BCUT2D eigenvalue weighted by Gasteiger charge is -2.29.